The topological polar surface area (TPSA) is 29.1 Å². The van der Waals surface area contributed by atoms with Crippen molar-refractivity contribution in [3.63, 3.8) is 0 Å². The number of carbonyl (C=O) groups is 1. The molecule has 0 unspecified atom stereocenters. The van der Waals surface area contributed by atoms with Crippen LogP contribution >= 0.6 is 0 Å². The third kappa shape index (κ3) is 3.23. The molecule has 0 radical (unpaired) electrons. The van der Waals surface area contributed by atoms with E-state index in [2.05, 4.69) is 17.4 Å². The summed E-state index contributed by atoms with van der Waals surface area (Å²) in [5, 5.41) is 3.18. The first-order valence-electron chi connectivity index (χ1n) is 6.58. The van der Waals surface area contributed by atoms with Gasteiger partial charge in [0, 0.05) is 11.3 Å². The molecule has 0 atom stereocenters. The minimum atomic E-state index is -0.334. The van der Waals surface area contributed by atoms with Gasteiger partial charge in [-0.25, -0.2) is 4.39 Å². The average Bonchev–Trinajstić information content (AvgIpc) is 2.38. The van der Waals surface area contributed by atoms with E-state index in [1.165, 1.54) is 29.8 Å². The molecule has 20 heavy (non-hydrogen) atoms. The second-order valence-corrected chi connectivity index (χ2v) is 5.06. The summed E-state index contributed by atoms with van der Waals surface area (Å²) in [4.78, 5) is 12.0. The van der Waals surface area contributed by atoms with Gasteiger partial charge in [0.1, 0.15) is 5.82 Å². The molecule has 0 saturated carbocycles. The number of hydrogen-bond donors (Lipinski definition) is 1. The second kappa shape index (κ2) is 5.87. The molecule has 2 nitrogen and oxygen atoms in total. The molecule has 0 heterocycles. The Morgan fingerprint density at radius 2 is 1.60 bits per heavy atom. The number of benzene rings is 2. The largest absolute Gasteiger partial charge is 0.377 e. The maximum absolute atomic E-state index is 12.8. The van der Waals surface area contributed by atoms with Crippen LogP contribution < -0.4 is 5.32 Å². The lowest BCUT2D eigenvalue weighted by atomic mass is 10.0. The Hall–Kier alpha value is -2.16. The molecule has 0 aliphatic rings. The number of carbonyl (C=O) groups excluding carboxylic acids is 1. The van der Waals surface area contributed by atoms with Crippen molar-refractivity contribution in [2.45, 2.75) is 20.8 Å². The quantitative estimate of drug-likeness (QED) is 0.850. The summed E-state index contributed by atoms with van der Waals surface area (Å²) in [5.74, 6) is -0.385. The van der Waals surface area contributed by atoms with Gasteiger partial charge >= 0.3 is 0 Å². The Morgan fingerprint density at radius 3 is 2.15 bits per heavy atom. The lowest BCUT2D eigenvalue weighted by molar-refractivity contribution is 0.101. The van der Waals surface area contributed by atoms with Crippen molar-refractivity contribution in [3.05, 3.63) is 64.5 Å². The number of hydrogen-bond acceptors (Lipinski definition) is 2. The number of halogens is 1. The molecule has 0 saturated heterocycles. The smallest absolute Gasteiger partial charge is 0.181 e. The van der Waals surface area contributed by atoms with Crippen molar-refractivity contribution >= 4 is 11.5 Å². The number of ketones is 1. The van der Waals surface area contributed by atoms with Gasteiger partial charge in [-0.2, -0.15) is 0 Å². The maximum Gasteiger partial charge on any atom is 0.181 e. The van der Waals surface area contributed by atoms with E-state index in [1.807, 2.05) is 20.8 Å². The van der Waals surface area contributed by atoms with Crippen molar-refractivity contribution in [2.75, 3.05) is 11.9 Å². The summed E-state index contributed by atoms with van der Waals surface area (Å²) in [6.45, 7) is 6.29. The van der Waals surface area contributed by atoms with Crippen LogP contribution in [0.4, 0.5) is 10.1 Å². The molecule has 0 fully saturated rings. The Morgan fingerprint density at radius 1 is 1.05 bits per heavy atom. The van der Waals surface area contributed by atoms with Gasteiger partial charge in [0.15, 0.2) is 5.78 Å². The van der Waals surface area contributed by atoms with Gasteiger partial charge in [0.2, 0.25) is 0 Å². The van der Waals surface area contributed by atoms with Crippen LogP contribution in [0.3, 0.4) is 0 Å². The van der Waals surface area contributed by atoms with Crippen LogP contribution in [-0.4, -0.2) is 12.3 Å². The van der Waals surface area contributed by atoms with E-state index in [0.717, 1.165) is 16.8 Å². The molecule has 104 valence electrons. The van der Waals surface area contributed by atoms with Crippen LogP contribution in [0.1, 0.15) is 27.0 Å². The number of rotatable bonds is 4. The van der Waals surface area contributed by atoms with E-state index >= 15 is 0 Å². The maximum atomic E-state index is 12.8. The Labute approximate surface area is 118 Å². The summed E-state index contributed by atoms with van der Waals surface area (Å²) in [6.07, 6.45) is 0. The lowest BCUT2D eigenvalue weighted by Gasteiger charge is -2.13. The second-order valence-electron chi connectivity index (χ2n) is 5.06. The van der Waals surface area contributed by atoms with E-state index in [1.54, 1.807) is 0 Å². The van der Waals surface area contributed by atoms with E-state index < -0.39 is 0 Å². The first-order valence-corrected chi connectivity index (χ1v) is 6.58. The molecule has 2 aromatic rings. The van der Waals surface area contributed by atoms with Gasteiger partial charge in [-0.3, -0.25) is 4.79 Å². The third-order valence-electron chi connectivity index (χ3n) is 3.27. The zero-order valence-corrected chi connectivity index (χ0v) is 12.0. The van der Waals surface area contributed by atoms with Crippen LogP contribution in [0.25, 0.3) is 0 Å². The third-order valence-corrected chi connectivity index (χ3v) is 3.27. The molecule has 2 rings (SSSR count). The average molecular weight is 271 g/mol. The molecule has 0 amide bonds. The predicted molar refractivity (Wildman–Crippen MR) is 79.9 cm³/mol. The molecule has 0 bridgehead atoms. The molecule has 0 aliphatic carbocycles. The number of Topliss-reactive ketones (excluding diaryl/α,β-unsaturated/α-hetero) is 1. The van der Waals surface area contributed by atoms with Gasteiger partial charge in [0.25, 0.3) is 0 Å². The lowest BCUT2D eigenvalue weighted by Crippen LogP contribution is -2.15. The normalized spacial score (nSPS) is 10.4. The zero-order chi connectivity index (χ0) is 14.7. The molecule has 2 aromatic carbocycles. The number of nitrogens with one attached hydrogen (secondary N) is 1. The highest BCUT2D eigenvalue weighted by Crippen LogP contribution is 2.21. The summed E-state index contributed by atoms with van der Waals surface area (Å²) >= 11 is 0. The van der Waals surface area contributed by atoms with Crippen molar-refractivity contribution in [2.24, 2.45) is 0 Å². The van der Waals surface area contributed by atoms with Crippen molar-refractivity contribution in [3.8, 4) is 0 Å². The first-order chi connectivity index (χ1) is 9.47. The fraction of sp³-hybridized carbons (Fsp3) is 0.235. The molecule has 1 N–H and O–H groups in total. The van der Waals surface area contributed by atoms with Crippen LogP contribution in [0.15, 0.2) is 36.4 Å². The standard InChI is InChI=1S/C17H18FNO/c1-11-8-12(2)17(13(3)9-11)19-10-16(20)14-4-6-15(18)7-5-14/h4-9,19H,10H2,1-3H3. The van der Waals surface area contributed by atoms with E-state index in [4.69, 9.17) is 0 Å². The van der Waals surface area contributed by atoms with Crippen LogP contribution in [0.5, 0.6) is 0 Å². The highest BCUT2D eigenvalue weighted by atomic mass is 19.1. The fourth-order valence-electron chi connectivity index (χ4n) is 2.37. The van der Waals surface area contributed by atoms with Gasteiger partial charge < -0.3 is 5.32 Å². The fourth-order valence-corrected chi connectivity index (χ4v) is 2.37. The predicted octanol–water partition coefficient (Wildman–Crippen LogP) is 4.05. The van der Waals surface area contributed by atoms with E-state index in [0.29, 0.717) is 5.56 Å². The summed E-state index contributed by atoms with van der Waals surface area (Å²) < 4.78 is 12.8. The van der Waals surface area contributed by atoms with Crippen LogP contribution in [-0.2, 0) is 0 Å². The van der Waals surface area contributed by atoms with E-state index in [-0.39, 0.29) is 18.1 Å². The monoisotopic (exact) mass is 271 g/mol. The Bertz CT molecular complexity index is 609. The van der Waals surface area contributed by atoms with Crippen LogP contribution in [0, 0.1) is 26.6 Å². The summed E-state index contributed by atoms with van der Waals surface area (Å²) in [5.41, 5.74) is 4.95. The molecule has 0 spiro atoms. The molecular weight excluding hydrogens is 253 g/mol. The number of anilines is 1. The molecule has 0 aromatic heterocycles. The Balaban J connectivity index is 2.09. The van der Waals surface area contributed by atoms with E-state index in [9.17, 15) is 9.18 Å². The van der Waals surface area contributed by atoms with Gasteiger partial charge in [0.05, 0.1) is 6.54 Å². The van der Waals surface area contributed by atoms with Crippen molar-refractivity contribution < 1.29 is 9.18 Å². The van der Waals surface area contributed by atoms with Gasteiger partial charge in [-0.1, -0.05) is 17.7 Å². The van der Waals surface area contributed by atoms with Crippen molar-refractivity contribution in [1.29, 1.82) is 0 Å². The Kier molecular flexibility index (Phi) is 4.18. The first kappa shape index (κ1) is 14.3. The van der Waals surface area contributed by atoms with Crippen LogP contribution in [0.2, 0.25) is 0 Å². The number of aryl methyl sites for hydroxylation is 3. The SMILES string of the molecule is Cc1cc(C)c(NCC(=O)c2ccc(F)cc2)c(C)c1. The molecule has 3 heteroatoms. The summed E-state index contributed by atoms with van der Waals surface area (Å²) in [7, 11) is 0. The minimum Gasteiger partial charge on any atom is -0.377 e. The molecular formula is C17H18FNO. The van der Waals surface area contributed by atoms with Gasteiger partial charge in [-0.15, -0.1) is 0 Å². The molecule has 0 aliphatic heterocycles. The summed E-state index contributed by atoms with van der Waals surface area (Å²) in [6, 6.07) is 9.78. The highest BCUT2D eigenvalue weighted by Gasteiger charge is 2.08. The van der Waals surface area contributed by atoms with Crippen molar-refractivity contribution in [1.82, 2.24) is 0 Å². The highest BCUT2D eigenvalue weighted by molar-refractivity contribution is 5.99. The zero-order valence-electron chi connectivity index (χ0n) is 12.0. The van der Waals surface area contributed by atoms with Gasteiger partial charge in [-0.05, 0) is 56.2 Å². The minimum absolute atomic E-state index is 0.0515.